The van der Waals surface area contributed by atoms with Gasteiger partial charge in [-0.05, 0) is 26.0 Å². The number of rotatable bonds is 4. The third kappa shape index (κ3) is 3.62. The Morgan fingerprint density at radius 3 is 2.33 bits per heavy atom. The van der Waals surface area contributed by atoms with E-state index in [-0.39, 0.29) is 17.5 Å². The summed E-state index contributed by atoms with van der Waals surface area (Å²) in [5.41, 5.74) is 6.50. The largest absolute Gasteiger partial charge is 0.327 e. The van der Waals surface area contributed by atoms with Crippen LogP contribution in [-0.4, -0.2) is 21.0 Å². The molecule has 0 spiro atoms. The van der Waals surface area contributed by atoms with Crippen LogP contribution in [0.25, 0.3) is 0 Å². The molecule has 0 heterocycles. The Balaban J connectivity index is 2.82. The summed E-state index contributed by atoms with van der Waals surface area (Å²) in [6.07, 6.45) is 0. The smallest absolute Gasteiger partial charge is 0.240 e. The molecule has 0 amide bonds. The van der Waals surface area contributed by atoms with Crippen molar-refractivity contribution >= 4 is 10.0 Å². The average molecular weight is 228 g/mol. The number of nitrogens with one attached hydrogen (secondary N) is 1. The first-order valence-electron chi connectivity index (χ1n) is 4.74. The van der Waals surface area contributed by atoms with Crippen LogP contribution in [0, 0.1) is 6.92 Å². The molecule has 84 valence electrons. The van der Waals surface area contributed by atoms with Gasteiger partial charge in [0.1, 0.15) is 0 Å². The third-order valence-corrected chi connectivity index (χ3v) is 3.37. The lowest BCUT2D eigenvalue weighted by atomic mass is 10.2. The van der Waals surface area contributed by atoms with E-state index in [4.69, 9.17) is 5.73 Å². The van der Waals surface area contributed by atoms with E-state index >= 15 is 0 Å². The van der Waals surface area contributed by atoms with E-state index in [0.29, 0.717) is 0 Å². The molecule has 0 saturated heterocycles. The lowest BCUT2D eigenvalue weighted by Crippen LogP contribution is -2.35. The van der Waals surface area contributed by atoms with E-state index in [9.17, 15) is 8.42 Å². The van der Waals surface area contributed by atoms with Crippen LogP contribution in [0.2, 0.25) is 0 Å². The van der Waals surface area contributed by atoms with Crippen molar-refractivity contribution in [3.8, 4) is 0 Å². The van der Waals surface area contributed by atoms with Gasteiger partial charge in [0.25, 0.3) is 0 Å². The monoisotopic (exact) mass is 228 g/mol. The molecule has 0 fully saturated rings. The van der Waals surface area contributed by atoms with E-state index in [1.807, 2.05) is 6.92 Å². The van der Waals surface area contributed by atoms with Gasteiger partial charge in [0.05, 0.1) is 4.90 Å². The Kier molecular flexibility index (Phi) is 3.84. The zero-order valence-electron chi connectivity index (χ0n) is 8.90. The molecule has 4 nitrogen and oxygen atoms in total. The summed E-state index contributed by atoms with van der Waals surface area (Å²) in [4.78, 5) is 0.272. The number of hydrogen-bond acceptors (Lipinski definition) is 3. The third-order valence-electron chi connectivity index (χ3n) is 1.93. The number of sulfonamides is 1. The van der Waals surface area contributed by atoms with Crippen LogP contribution in [0.4, 0.5) is 0 Å². The van der Waals surface area contributed by atoms with E-state index in [2.05, 4.69) is 4.72 Å². The molecule has 1 rings (SSSR count). The van der Waals surface area contributed by atoms with E-state index in [1.54, 1.807) is 31.2 Å². The van der Waals surface area contributed by atoms with Crippen molar-refractivity contribution in [3.05, 3.63) is 29.8 Å². The number of benzene rings is 1. The Labute approximate surface area is 90.5 Å². The Bertz CT molecular complexity index is 410. The molecule has 0 bridgehead atoms. The van der Waals surface area contributed by atoms with Crippen molar-refractivity contribution in [1.82, 2.24) is 4.72 Å². The minimum absolute atomic E-state index is 0.190. The van der Waals surface area contributed by atoms with Gasteiger partial charge in [-0.25, -0.2) is 13.1 Å². The molecule has 5 heteroatoms. The van der Waals surface area contributed by atoms with Gasteiger partial charge < -0.3 is 5.73 Å². The maximum Gasteiger partial charge on any atom is 0.240 e. The molecule has 3 N–H and O–H groups in total. The summed E-state index contributed by atoms with van der Waals surface area (Å²) in [6.45, 7) is 3.90. The molecule has 0 aromatic heterocycles. The number of aryl methyl sites for hydroxylation is 1. The molecule has 1 aromatic carbocycles. The molecule has 0 radical (unpaired) electrons. The molecule has 1 aromatic rings. The van der Waals surface area contributed by atoms with E-state index in [0.717, 1.165) is 5.56 Å². The van der Waals surface area contributed by atoms with Crippen LogP contribution in [0.3, 0.4) is 0 Å². The van der Waals surface area contributed by atoms with E-state index < -0.39 is 10.0 Å². The molecular weight excluding hydrogens is 212 g/mol. The Hall–Kier alpha value is -0.910. The highest BCUT2D eigenvalue weighted by atomic mass is 32.2. The summed E-state index contributed by atoms with van der Waals surface area (Å²) in [5, 5.41) is 0. The minimum atomic E-state index is -3.40. The van der Waals surface area contributed by atoms with Crippen molar-refractivity contribution in [1.29, 1.82) is 0 Å². The van der Waals surface area contributed by atoms with Gasteiger partial charge >= 0.3 is 0 Å². The first-order valence-corrected chi connectivity index (χ1v) is 6.22. The standard InChI is InChI=1S/C10H16N2O2S/c1-8-3-5-10(6-4-8)15(13,14)12-7-9(2)11/h3-6,9,12H,7,11H2,1-2H3/t9-/m0/s1. The normalized spacial score (nSPS) is 13.8. The summed E-state index contributed by atoms with van der Waals surface area (Å²) in [6, 6.07) is 6.50. The minimum Gasteiger partial charge on any atom is -0.327 e. The predicted molar refractivity (Wildman–Crippen MR) is 60.0 cm³/mol. The molecule has 15 heavy (non-hydrogen) atoms. The lowest BCUT2D eigenvalue weighted by molar-refractivity contribution is 0.574. The molecule has 0 saturated carbocycles. The second-order valence-electron chi connectivity index (χ2n) is 3.64. The fraction of sp³-hybridized carbons (Fsp3) is 0.400. The molecule has 1 atom stereocenters. The van der Waals surface area contributed by atoms with Crippen molar-refractivity contribution in [3.63, 3.8) is 0 Å². The van der Waals surface area contributed by atoms with Gasteiger partial charge in [0.15, 0.2) is 0 Å². The van der Waals surface area contributed by atoms with Crippen LogP contribution in [0.5, 0.6) is 0 Å². The Morgan fingerprint density at radius 1 is 1.33 bits per heavy atom. The van der Waals surface area contributed by atoms with Crippen molar-refractivity contribution in [2.75, 3.05) is 6.54 Å². The summed E-state index contributed by atoms with van der Waals surface area (Å²) >= 11 is 0. The van der Waals surface area contributed by atoms with Crippen LogP contribution in [0.1, 0.15) is 12.5 Å². The molecule has 0 unspecified atom stereocenters. The number of nitrogens with two attached hydrogens (primary N) is 1. The van der Waals surface area contributed by atoms with Gasteiger partial charge in [-0.1, -0.05) is 17.7 Å². The maximum absolute atomic E-state index is 11.7. The quantitative estimate of drug-likeness (QED) is 0.793. The average Bonchev–Trinajstić information content (AvgIpc) is 2.16. The van der Waals surface area contributed by atoms with Crippen molar-refractivity contribution in [2.45, 2.75) is 24.8 Å². The highest BCUT2D eigenvalue weighted by Crippen LogP contribution is 2.09. The number of hydrogen-bond donors (Lipinski definition) is 2. The van der Waals surface area contributed by atoms with Crippen molar-refractivity contribution in [2.24, 2.45) is 5.73 Å². The van der Waals surface area contributed by atoms with Crippen LogP contribution < -0.4 is 10.5 Å². The zero-order valence-corrected chi connectivity index (χ0v) is 9.71. The van der Waals surface area contributed by atoms with Crippen LogP contribution >= 0.6 is 0 Å². The molecule has 0 aliphatic heterocycles. The first-order chi connectivity index (χ1) is 6.92. The van der Waals surface area contributed by atoms with Crippen LogP contribution in [-0.2, 0) is 10.0 Å². The van der Waals surface area contributed by atoms with Crippen LogP contribution in [0.15, 0.2) is 29.2 Å². The lowest BCUT2D eigenvalue weighted by Gasteiger charge is -2.08. The summed E-state index contributed by atoms with van der Waals surface area (Å²) < 4.78 is 25.8. The molecule has 0 aliphatic rings. The van der Waals surface area contributed by atoms with Crippen molar-refractivity contribution < 1.29 is 8.42 Å². The highest BCUT2D eigenvalue weighted by Gasteiger charge is 2.13. The second-order valence-corrected chi connectivity index (χ2v) is 5.41. The van der Waals surface area contributed by atoms with Gasteiger partial charge in [-0.3, -0.25) is 0 Å². The fourth-order valence-electron chi connectivity index (χ4n) is 1.04. The highest BCUT2D eigenvalue weighted by molar-refractivity contribution is 7.89. The maximum atomic E-state index is 11.7. The summed E-state index contributed by atoms with van der Waals surface area (Å²) in [7, 11) is -3.40. The van der Waals surface area contributed by atoms with Gasteiger partial charge in [-0.2, -0.15) is 0 Å². The SMILES string of the molecule is Cc1ccc(S(=O)(=O)NC[C@H](C)N)cc1. The second kappa shape index (κ2) is 4.74. The molecule has 0 aliphatic carbocycles. The van der Waals surface area contributed by atoms with Gasteiger partial charge in [0, 0.05) is 12.6 Å². The topological polar surface area (TPSA) is 72.2 Å². The first kappa shape index (κ1) is 12.2. The summed E-state index contributed by atoms with van der Waals surface area (Å²) in [5.74, 6) is 0. The zero-order chi connectivity index (χ0) is 11.5. The fourth-order valence-corrected chi connectivity index (χ4v) is 2.19. The van der Waals surface area contributed by atoms with Gasteiger partial charge in [0.2, 0.25) is 10.0 Å². The van der Waals surface area contributed by atoms with Gasteiger partial charge in [-0.15, -0.1) is 0 Å². The van der Waals surface area contributed by atoms with E-state index in [1.165, 1.54) is 0 Å². The molecular formula is C10H16N2O2S. The Morgan fingerprint density at radius 2 is 1.87 bits per heavy atom. The predicted octanol–water partition coefficient (Wildman–Crippen LogP) is 0.621.